The zero-order valence-corrected chi connectivity index (χ0v) is 17.1. The third-order valence-electron chi connectivity index (χ3n) is 4.22. The van der Waals surface area contributed by atoms with E-state index in [1.807, 2.05) is 25.1 Å². The van der Waals surface area contributed by atoms with Gasteiger partial charge < -0.3 is 20.7 Å². The van der Waals surface area contributed by atoms with Crippen LogP contribution in [0, 0.1) is 12.8 Å². The highest BCUT2D eigenvalue weighted by Crippen LogP contribution is 2.12. The Bertz CT molecular complexity index is 835. The molecule has 29 heavy (non-hydrogen) atoms. The number of para-hydroxylation sites is 1. The second-order valence-corrected chi connectivity index (χ2v) is 7.12. The van der Waals surface area contributed by atoms with Crippen molar-refractivity contribution in [1.82, 2.24) is 5.32 Å². The fraction of sp³-hybridized carbons (Fsp3) is 0.318. The highest BCUT2D eigenvalue weighted by atomic mass is 16.5. The molecule has 0 aliphatic carbocycles. The first kappa shape index (κ1) is 21.9. The first-order chi connectivity index (χ1) is 13.8. The van der Waals surface area contributed by atoms with Crippen molar-refractivity contribution in [2.24, 2.45) is 5.92 Å². The number of carbonyl (C=O) groups excluding carboxylic acids is 3. The minimum Gasteiger partial charge on any atom is -0.451 e. The fourth-order valence-corrected chi connectivity index (χ4v) is 2.51. The number of amides is 3. The van der Waals surface area contributed by atoms with Crippen molar-refractivity contribution < 1.29 is 19.1 Å². The Morgan fingerprint density at radius 2 is 1.41 bits per heavy atom. The van der Waals surface area contributed by atoms with E-state index in [1.165, 1.54) is 6.92 Å². The van der Waals surface area contributed by atoms with Gasteiger partial charge in [0.2, 0.25) is 0 Å². The van der Waals surface area contributed by atoms with Gasteiger partial charge in [0.25, 0.3) is 5.91 Å². The summed E-state index contributed by atoms with van der Waals surface area (Å²) < 4.78 is 5.29. The molecule has 0 radical (unpaired) electrons. The molecule has 7 nitrogen and oxygen atoms in total. The van der Waals surface area contributed by atoms with Crippen LogP contribution in [0.2, 0.25) is 0 Å². The van der Waals surface area contributed by atoms with Crippen LogP contribution in [0.3, 0.4) is 0 Å². The molecular formula is C22H27N3O4. The number of hydrogen-bond donors (Lipinski definition) is 3. The highest BCUT2D eigenvalue weighted by Gasteiger charge is 2.29. The molecule has 0 fully saturated rings. The molecule has 0 aliphatic heterocycles. The second-order valence-electron chi connectivity index (χ2n) is 7.12. The van der Waals surface area contributed by atoms with Crippen LogP contribution < -0.4 is 16.0 Å². The molecule has 2 aromatic rings. The maximum Gasteiger partial charge on any atom is 0.329 e. The van der Waals surface area contributed by atoms with Crippen molar-refractivity contribution in [3.63, 3.8) is 0 Å². The highest BCUT2D eigenvalue weighted by molar-refractivity contribution is 5.96. The van der Waals surface area contributed by atoms with E-state index in [1.54, 1.807) is 50.2 Å². The predicted octanol–water partition coefficient (Wildman–Crippen LogP) is 3.71. The molecule has 0 aliphatic rings. The van der Waals surface area contributed by atoms with E-state index in [0.717, 1.165) is 5.56 Å². The van der Waals surface area contributed by atoms with Crippen LogP contribution in [0.15, 0.2) is 54.6 Å². The first-order valence-corrected chi connectivity index (χ1v) is 9.47. The lowest BCUT2D eigenvalue weighted by molar-refractivity contribution is -0.156. The summed E-state index contributed by atoms with van der Waals surface area (Å²) in [5.74, 6) is -1.34. The summed E-state index contributed by atoms with van der Waals surface area (Å²) >= 11 is 0. The maximum atomic E-state index is 12.5. The van der Waals surface area contributed by atoms with Crippen molar-refractivity contribution in [1.29, 1.82) is 0 Å². The largest absolute Gasteiger partial charge is 0.451 e. The number of aryl methyl sites for hydroxylation is 1. The molecular weight excluding hydrogens is 370 g/mol. The van der Waals surface area contributed by atoms with Gasteiger partial charge in [-0.15, -0.1) is 0 Å². The van der Waals surface area contributed by atoms with Crippen molar-refractivity contribution in [3.05, 3.63) is 60.2 Å². The monoisotopic (exact) mass is 397 g/mol. The molecule has 0 spiro atoms. The number of rotatable bonds is 7. The molecule has 0 aromatic heterocycles. The van der Waals surface area contributed by atoms with E-state index in [9.17, 15) is 14.4 Å². The SMILES string of the molecule is Cc1ccc(NC(=O)[C@@H](C)OC(=O)[C@@H](NC(=O)Nc2ccccc2)C(C)C)cc1. The van der Waals surface area contributed by atoms with Crippen molar-refractivity contribution >= 4 is 29.3 Å². The summed E-state index contributed by atoms with van der Waals surface area (Å²) in [7, 11) is 0. The number of ether oxygens (including phenoxy) is 1. The van der Waals surface area contributed by atoms with Crippen molar-refractivity contribution in [2.45, 2.75) is 39.8 Å². The zero-order chi connectivity index (χ0) is 21.4. The van der Waals surface area contributed by atoms with Crippen LogP contribution in [-0.2, 0) is 14.3 Å². The predicted molar refractivity (Wildman–Crippen MR) is 113 cm³/mol. The number of urea groups is 1. The van der Waals surface area contributed by atoms with E-state index < -0.39 is 30.1 Å². The summed E-state index contributed by atoms with van der Waals surface area (Å²) in [6, 6.07) is 14.8. The summed E-state index contributed by atoms with van der Waals surface area (Å²) in [6.45, 7) is 7.00. The zero-order valence-electron chi connectivity index (χ0n) is 17.1. The lowest BCUT2D eigenvalue weighted by atomic mass is 10.0. The second kappa shape index (κ2) is 10.3. The standard InChI is InChI=1S/C22H27N3O4/c1-14(2)19(25-22(28)24-17-8-6-5-7-9-17)21(27)29-16(4)20(26)23-18-12-10-15(3)11-13-18/h5-14,16,19H,1-4H3,(H,23,26)(H2,24,25,28)/t16-,19+/m1/s1. The van der Waals surface area contributed by atoms with E-state index in [2.05, 4.69) is 16.0 Å². The molecule has 3 N–H and O–H groups in total. The van der Waals surface area contributed by atoms with Gasteiger partial charge in [0.15, 0.2) is 6.10 Å². The Morgan fingerprint density at radius 3 is 2.00 bits per heavy atom. The van der Waals surface area contributed by atoms with Crippen LogP contribution in [0.5, 0.6) is 0 Å². The molecule has 7 heteroatoms. The summed E-state index contributed by atoms with van der Waals surface area (Å²) in [4.78, 5) is 37.1. The van der Waals surface area contributed by atoms with Gasteiger partial charge in [0.1, 0.15) is 6.04 Å². The van der Waals surface area contributed by atoms with Crippen LogP contribution in [0.25, 0.3) is 0 Å². The molecule has 3 amide bonds. The Kier molecular flexibility index (Phi) is 7.77. The Morgan fingerprint density at radius 1 is 0.828 bits per heavy atom. The molecule has 154 valence electrons. The van der Waals surface area contributed by atoms with Crippen LogP contribution in [0.4, 0.5) is 16.2 Å². The quantitative estimate of drug-likeness (QED) is 0.621. The lowest BCUT2D eigenvalue weighted by Crippen LogP contribution is -2.48. The Balaban J connectivity index is 1.92. The van der Waals surface area contributed by atoms with Crippen LogP contribution in [-0.4, -0.2) is 30.1 Å². The minimum atomic E-state index is -1.01. The van der Waals surface area contributed by atoms with Gasteiger partial charge in [-0.3, -0.25) is 4.79 Å². The van der Waals surface area contributed by atoms with Crippen LogP contribution in [0.1, 0.15) is 26.3 Å². The fourth-order valence-electron chi connectivity index (χ4n) is 2.51. The maximum absolute atomic E-state index is 12.5. The van der Waals surface area contributed by atoms with Crippen molar-refractivity contribution in [3.8, 4) is 0 Å². The molecule has 0 saturated carbocycles. The molecule has 2 atom stereocenters. The molecule has 2 aromatic carbocycles. The third-order valence-corrected chi connectivity index (χ3v) is 4.22. The smallest absolute Gasteiger partial charge is 0.329 e. The van der Waals surface area contributed by atoms with E-state index in [-0.39, 0.29) is 5.92 Å². The number of esters is 1. The number of benzene rings is 2. The number of anilines is 2. The van der Waals surface area contributed by atoms with Crippen LogP contribution >= 0.6 is 0 Å². The normalized spacial score (nSPS) is 12.6. The average molecular weight is 397 g/mol. The van der Waals surface area contributed by atoms with Gasteiger partial charge in [-0.25, -0.2) is 9.59 Å². The number of hydrogen-bond acceptors (Lipinski definition) is 4. The lowest BCUT2D eigenvalue weighted by Gasteiger charge is -2.23. The molecule has 0 heterocycles. The van der Waals surface area contributed by atoms with Gasteiger partial charge in [0.05, 0.1) is 0 Å². The van der Waals surface area contributed by atoms with Crippen molar-refractivity contribution in [2.75, 3.05) is 10.6 Å². The van der Waals surface area contributed by atoms with E-state index in [0.29, 0.717) is 11.4 Å². The number of nitrogens with one attached hydrogen (secondary N) is 3. The van der Waals surface area contributed by atoms with Gasteiger partial charge in [-0.2, -0.15) is 0 Å². The molecule has 2 rings (SSSR count). The summed E-state index contributed by atoms with van der Waals surface area (Å²) in [5.41, 5.74) is 2.29. The van der Waals surface area contributed by atoms with E-state index >= 15 is 0 Å². The summed E-state index contributed by atoms with van der Waals surface area (Å²) in [6.07, 6.45) is -1.01. The average Bonchev–Trinajstić information content (AvgIpc) is 2.68. The molecule has 0 bridgehead atoms. The van der Waals surface area contributed by atoms with E-state index in [4.69, 9.17) is 4.74 Å². The Hall–Kier alpha value is -3.35. The van der Waals surface area contributed by atoms with Gasteiger partial charge >= 0.3 is 12.0 Å². The molecule has 0 unspecified atom stereocenters. The minimum absolute atomic E-state index is 0.226. The topological polar surface area (TPSA) is 96.5 Å². The van der Waals surface area contributed by atoms with Gasteiger partial charge in [0, 0.05) is 11.4 Å². The third kappa shape index (κ3) is 6.95. The van der Waals surface area contributed by atoms with Gasteiger partial charge in [-0.1, -0.05) is 49.7 Å². The molecule has 0 saturated heterocycles. The first-order valence-electron chi connectivity index (χ1n) is 9.47. The van der Waals surface area contributed by atoms with Gasteiger partial charge in [-0.05, 0) is 44.0 Å². The number of carbonyl (C=O) groups is 3. The summed E-state index contributed by atoms with van der Waals surface area (Å²) in [5, 5.41) is 7.97. The Labute approximate surface area is 170 Å².